The summed E-state index contributed by atoms with van der Waals surface area (Å²) < 4.78 is 4.94. The van der Waals surface area contributed by atoms with E-state index < -0.39 is 0 Å². The van der Waals surface area contributed by atoms with Crippen molar-refractivity contribution >= 4 is 18.1 Å². The Bertz CT molecular complexity index is 694. The van der Waals surface area contributed by atoms with Crippen molar-refractivity contribution in [1.29, 1.82) is 5.26 Å². The minimum absolute atomic E-state index is 0.310. The number of nitrogens with zero attached hydrogens (tertiary/aromatic N) is 1. The molecule has 2 aromatic rings. The van der Waals surface area contributed by atoms with Gasteiger partial charge in [0.1, 0.15) is 0 Å². The van der Waals surface area contributed by atoms with Crippen LogP contribution in [0.2, 0.25) is 0 Å². The van der Waals surface area contributed by atoms with Crippen molar-refractivity contribution in [1.82, 2.24) is 0 Å². The molecule has 0 spiro atoms. The van der Waals surface area contributed by atoms with E-state index in [1.807, 2.05) is 42.5 Å². The minimum atomic E-state index is -0.310. The maximum atomic E-state index is 11.5. The van der Waals surface area contributed by atoms with Gasteiger partial charge in [-0.3, -0.25) is 0 Å². The zero-order chi connectivity index (χ0) is 15.1. The van der Waals surface area contributed by atoms with Gasteiger partial charge in [0.05, 0.1) is 23.8 Å². The molecule has 0 aliphatic rings. The summed E-state index contributed by atoms with van der Waals surface area (Å²) in [5, 5.41) is 8.86. The summed E-state index contributed by atoms with van der Waals surface area (Å²) in [6.07, 6.45) is 3.87. The zero-order valence-electron chi connectivity index (χ0n) is 11.7. The predicted molar refractivity (Wildman–Crippen MR) is 82.5 cm³/mol. The van der Waals surface area contributed by atoms with Crippen LogP contribution in [0.5, 0.6) is 0 Å². The topological polar surface area (TPSA) is 50.1 Å². The molecule has 0 amide bonds. The Labute approximate surface area is 124 Å². The Balaban J connectivity index is 2.11. The molecule has 0 bridgehead atoms. The Morgan fingerprint density at radius 3 is 2.52 bits per heavy atom. The quantitative estimate of drug-likeness (QED) is 0.629. The summed E-state index contributed by atoms with van der Waals surface area (Å²) in [4.78, 5) is 11.5. The molecule has 0 aromatic heterocycles. The van der Waals surface area contributed by atoms with E-state index in [0.717, 1.165) is 11.1 Å². The molecule has 2 aromatic carbocycles. The van der Waals surface area contributed by atoms with Crippen LogP contribution in [0.4, 0.5) is 0 Å². The SMILES string of the molecule is CCOC(=O)c1ccc(/C=C/c2cccc(C#N)c2)cc1. The van der Waals surface area contributed by atoms with Crippen LogP contribution in [0.25, 0.3) is 12.2 Å². The third-order valence-electron chi connectivity index (χ3n) is 2.91. The molecule has 0 saturated carbocycles. The molecule has 0 aliphatic carbocycles. The van der Waals surface area contributed by atoms with Crippen LogP contribution in [-0.2, 0) is 4.74 Å². The van der Waals surface area contributed by atoms with Crippen molar-refractivity contribution < 1.29 is 9.53 Å². The lowest BCUT2D eigenvalue weighted by molar-refractivity contribution is 0.0526. The summed E-state index contributed by atoms with van der Waals surface area (Å²) in [6.45, 7) is 2.15. The third-order valence-corrected chi connectivity index (χ3v) is 2.91. The summed E-state index contributed by atoms with van der Waals surface area (Å²) in [5.41, 5.74) is 3.12. The molecule has 2 rings (SSSR count). The molecule has 3 heteroatoms. The van der Waals surface area contributed by atoms with Crippen molar-refractivity contribution in [2.45, 2.75) is 6.92 Å². The number of carbonyl (C=O) groups excluding carboxylic acids is 1. The van der Waals surface area contributed by atoms with E-state index in [0.29, 0.717) is 17.7 Å². The van der Waals surface area contributed by atoms with Gasteiger partial charge in [0.25, 0.3) is 0 Å². The van der Waals surface area contributed by atoms with Crippen LogP contribution in [0.3, 0.4) is 0 Å². The van der Waals surface area contributed by atoms with Gasteiger partial charge in [-0.1, -0.05) is 36.4 Å². The smallest absolute Gasteiger partial charge is 0.338 e. The lowest BCUT2D eigenvalue weighted by Gasteiger charge is -2.01. The predicted octanol–water partition coefficient (Wildman–Crippen LogP) is 3.91. The van der Waals surface area contributed by atoms with Crippen LogP contribution in [0, 0.1) is 11.3 Å². The van der Waals surface area contributed by atoms with Crippen molar-refractivity contribution in [2.75, 3.05) is 6.61 Å². The van der Waals surface area contributed by atoms with Crippen molar-refractivity contribution in [2.24, 2.45) is 0 Å². The van der Waals surface area contributed by atoms with Gasteiger partial charge in [-0.15, -0.1) is 0 Å². The Kier molecular flexibility index (Phi) is 4.89. The maximum Gasteiger partial charge on any atom is 0.338 e. The molecule has 0 radical (unpaired) electrons. The summed E-state index contributed by atoms with van der Waals surface area (Å²) >= 11 is 0. The number of carbonyl (C=O) groups is 1. The van der Waals surface area contributed by atoms with Crippen molar-refractivity contribution in [3.63, 3.8) is 0 Å². The molecule has 0 aliphatic heterocycles. The number of rotatable bonds is 4. The maximum absolute atomic E-state index is 11.5. The number of esters is 1. The standard InChI is InChI=1S/C18H15NO2/c1-2-21-18(20)17-10-8-14(9-11-17)6-7-15-4-3-5-16(12-15)13-19/h3-12H,2H2,1H3/b7-6+. The molecule has 0 heterocycles. The minimum Gasteiger partial charge on any atom is -0.462 e. The molecule has 0 unspecified atom stereocenters. The average Bonchev–Trinajstić information content (AvgIpc) is 2.54. The van der Waals surface area contributed by atoms with Gasteiger partial charge in [-0.05, 0) is 42.3 Å². The Hall–Kier alpha value is -2.86. The Morgan fingerprint density at radius 2 is 1.86 bits per heavy atom. The first-order valence-electron chi connectivity index (χ1n) is 6.68. The second-order valence-electron chi connectivity index (χ2n) is 4.41. The highest BCUT2D eigenvalue weighted by Gasteiger charge is 2.04. The number of hydrogen-bond acceptors (Lipinski definition) is 3. The lowest BCUT2D eigenvalue weighted by atomic mass is 10.1. The first-order chi connectivity index (χ1) is 10.2. The molecule has 0 atom stereocenters. The average molecular weight is 277 g/mol. The fraction of sp³-hybridized carbons (Fsp3) is 0.111. The Morgan fingerprint density at radius 1 is 1.14 bits per heavy atom. The van der Waals surface area contributed by atoms with Gasteiger partial charge in [-0.2, -0.15) is 5.26 Å². The fourth-order valence-corrected chi connectivity index (χ4v) is 1.85. The van der Waals surface area contributed by atoms with Gasteiger partial charge in [0, 0.05) is 0 Å². The molecule has 104 valence electrons. The van der Waals surface area contributed by atoms with Crippen LogP contribution in [-0.4, -0.2) is 12.6 Å². The highest BCUT2D eigenvalue weighted by molar-refractivity contribution is 5.89. The van der Waals surface area contributed by atoms with Gasteiger partial charge in [0.2, 0.25) is 0 Å². The van der Waals surface area contributed by atoms with Gasteiger partial charge >= 0.3 is 5.97 Å². The van der Waals surface area contributed by atoms with E-state index in [4.69, 9.17) is 10.00 Å². The largest absolute Gasteiger partial charge is 0.462 e. The van der Waals surface area contributed by atoms with E-state index >= 15 is 0 Å². The van der Waals surface area contributed by atoms with E-state index in [1.54, 1.807) is 25.1 Å². The van der Waals surface area contributed by atoms with Crippen LogP contribution < -0.4 is 0 Å². The second-order valence-corrected chi connectivity index (χ2v) is 4.41. The van der Waals surface area contributed by atoms with E-state index in [-0.39, 0.29) is 5.97 Å². The molecular formula is C18H15NO2. The zero-order valence-corrected chi connectivity index (χ0v) is 11.7. The van der Waals surface area contributed by atoms with Gasteiger partial charge < -0.3 is 4.74 Å². The first-order valence-corrected chi connectivity index (χ1v) is 6.68. The second kappa shape index (κ2) is 7.06. The van der Waals surface area contributed by atoms with Crippen LogP contribution in [0.15, 0.2) is 48.5 Å². The number of benzene rings is 2. The summed E-state index contributed by atoms with van der Waals surface area (Å²) in [5.74, 6) is -0.310. The highest BCUT2D eigenvalue weighted by Crippen LogP contribution is 2.11. The van der Waals surface area contributed by atoms with E-state index in [9.17, 15) is 4.79 Å². The van der Waals surface area contributed by atoms with Gasteiger partial charge in [-0.25, -0.2) is 4.79 Å². The number of nitriles is 1. The molecule has 0 saturated heterocycles. The monoisotopic (exact) mass is 277 g/mol. The molecule has 0 N–H and O–H groups in total. The molecule has 0 fully saturated rings. The number of ether oxygens (including phenoxy) is 1. The molecular weight excluding hydrogens is 262 g/mol. The lowest BCUT2D eigenvalue weighted by Crippen LogP contribution is -2.03. The van der Waals surface area contributed by atoms with Crippen molar-refractivity contribution in [3.8, 4) is 6.07 Å². The van der Waals surface area contributed by atoms with Crippen LogP contribution in [0.1, 0.15) is 34.0 Å². The summed E-state index contributed by atoms with van der Waals surface area (Å²) in [6, 6.07) is 16.7. The third kappa shape index (κ3) is 4.05. The summed E-state index contributed by atoms with van der Waals surface area (Å²) in [7, 11) is 0. The van der Waals surface area contributed by atoms with Gasteiger partial charge in [0.15, 0.2) is 0 Å². The van der Waals surface area contributed by atoms with E-state index in [1.165, 1.54) is 0 Å². The van der Waals surface area contributed by atoms with E-state index in [2.05, 4.69) is 6.07 Å². The highest BCUT2D eigenvalue weighted by atomic mass is 16.5. The molecule has 21 heavy (non-hydrogen) atoms. The normalized spacial score (nSPS) is 10.3. The van der Waals surface area contributed by atoms with Crippen LogP contribution >= 0.6 is 0 Å². The van der Waals surface area contributed by atoms with Crippen molar-refractivity contribution in [3.05, 3.63) is 70.8 Å². The fourth-order valence-electron chi connectivity index (χ4n) is 1.85. The molecule has 3 nitrogen and oxygen atoms in total. The number of hydrogen-bond donors (Lipinski definition) is 0. The first kappa shape index (κ1) is 14.5.